The number of carbonyl (C=O) groups excluding carboxylic acids is 1. The van der Waals surface area contributed by atoms with Crippen molar-refractivity contribution in [3.05, 3.63) is 47.8 Å². The lowest BCUT2D eigenvalue weighted by atomic mass is 9.98. The van der Waals surface area contributed by atoms with Crippen molar-refractivity contribution in [2.75, 3.05) is 13.2 Å². The fourth-order valence-corrected chi connectivity index (χ4v) is 3.83. The van der Waals surface area contributed by atoms with Gasteiger partial charge in [-0.2, -0.15) is 0 Å². The summed E-state index contributed by atoms with van der Waals surface area (Å²) < 4.78 is 49.3. The number of ether oxygens (including phenoxy) is 2. The summed E-state index contributed by atoms with van der Waals surface area (Å²) in [5.41, 5.74) is 1.84. The third-order valence-electron chi connectivity index (χ3n) is 5.31. The van der Waals surface area contributed by atoms with Crippen molar-refractivity contribution in [3.8, 4) is 5.75 Å². The van der Waals surface area contributed by atoms with Gasteiger partial charge in [0.15, 0.2) is 0 Å². The molecular weight excluding hydrogens is 427 g/mol. The van der Waals surface area contributed by atoms with E-state index >= 15 is 0 Å². The van der Waals surface area contributed by atoms with Gasteiger partial charge in [-0.15, -0.1) is 13.2 Å². The van der Waals surface area contributed by atoms with Gasteiger partial charge < -0.3 is 19.4 Å². The van der Waals surface area contributed by atoms with Gasteiger partial charge in [-0.3, -0.25) is 9.78 Å². The first-order valence-corrected chi connectivity index (χ1v) is 10.2. The van der Waals surface area contributed by atoms with Crippen LogP contribution in [0.15, 0.2) is 30.6 Å². The fourth-order valence-electron chi connectivity index (χ4n) is 3.83. The number of carbonyl (C=O) groups is 1. The molecule has 1 aromatic carbocycles. The second-order valence-electron chi connectivity index (χ2n) is 7.53. The smallest absolute Gasteiger partial charge is 0.406 e. The number of amides is 1. The standard InChI is InChI=1S/C21H22F3N5O3/c1-3-29-17-5-4-14(32-21(22,23)24)8-15(17)27-19(29)18(13-6-7-31-11-13)28-20(30)16-10-25-12(2)9-26-16/h4-5,8-10,13,18H,3,6-7,11H2,1-2H3,(H,28,30)/t13-,18+/m1/s1. The van der Waals surface area contributed by atoms with Gasteiger partial charge in [-0.25, -0.2) is 9.97 Å². The molecule has 8 nitrogen and oxygen atoms in total. The zero-order valence-electron chi connectivity index (χ0n) is 17.5. The molecule has 170 valence electrons. The number of alkyl halides is 3. The van der Waals surface area contributed by atoms with Crippen LogP contribution in [-0.4, -0.2) is 45.0 Å². The third kappa shape index (κ3) is 4.67. The van der Waals surface area contributed by atoms with Gasteiger partial charge in [0, 0.05) is 31.3 Å². The van der Waals surface area contributed by atoms with E-state index in [-0.39, 0.29) is 17.4 Å². The molecule has 11 heteroatoms. The van der Waals surface area contributed by atoms with Gasteiger partial charge in [0.05, 0.1) is 35.6 Å². The first-order chi connectivity index (χ1) is 15.2. The average molecular weight is 449 g/mol. The maximum absolute atomic E-state index is 12.9. The van der Waals surface area contributed by atoms with Crippen molar-refractivity contribution in [1.29, 1.82) is 0 Å². The van der Waals surface area contributed by atoms with E-state index < -0.39 is 18.3 Å². The zero-order valence-corrected chi connectivity index (χ0v) is 17.5. The molecule has 4 rings (SSSR count). The molecule has 0 spiro atoms. The van der Waals surface area contributed by atoms with Gasteiger partial charge in [0.25, 0.3) is 5.91 Å². The number of aromatic nitrogens is 4. The number of aryl methyl sites for hydroxylation is 2. The van der Waals surface area contributed by atoms with E-state index in [4.69, 9.17) is 4.74 Å². The predicted molar refractivity (Wildman–Crippen MR) is 108 cm³/mol. The molecule has 2 aromatic heterocycles. The van der Waals surface area contributed by atoms with Crippen LogP contribution in [0, 0.1) is 12.8 Å². The summed E-state index contributed by atoms with van der Waals surface area (Å²) in [5.74, 6) is -0.275. The molecule has 3 aromatic rings. The number of fused-ring (bicyclic) bond motifs is 1. The highest BCUT2D eigenvalue weighted by Gasteiger charge is 2.34. The average Bonchev–Trinajstić information content (AvgIpc) is 3.38. The number of hydrogen-bond acceptors (Lipinski definition) is 6. The highest BCUT2D eigenvalue weighted by Crippen LogP contribution is 2.33. The van der Waals surface area contributed by atoms with Gasteiger partial charge in [0.1, 0.15) is 17.3 Å². The predicted octanol–water partition coefficient (Wildman–Crippen LogP) is 3.56. The minimum atomic E-state index is -4.80. The summed E-state index contributed by atoms with van der Waals surface area (Å²) in [6.45, 7) is 5.17. The first-order valence-electron chi connectivity index (χ1n) is 10.2. The molecule has 0 saturated carbocycles. The molecule has 1 fully saturated rings. The summed E-state index contributed by atoms with van der Waals surface area (Å²) in [6, 6.07) is 3.51. The second-order valence-corrected chi connectivity index (χ2v) is 7.53. The van der Waals surface area contributed by atoms with E-state index in [2.05, 4.69) is 25.0 Å². The Bertz CT molecular complexity index is 1110. The normalized spacial score (nSPS) is 17.5. The molecule has 32 heavy (non-hydrogen) atoms. The van der Waals surface area contributed by atoms with Crippen molar-refractivity contribution in [3.63, 3.8) is 0 Å². The molecule has 0 bridgehead atoms. The summed E-state index contributed by atoms with van der Waals surface area (Å²) >= 11 is 0. The lowest BCUT2D eigenvalue weighted by Gasteiger charge is -2.24. The molecule has 1 saturated heterocycles. The van der Waals surface area contributed by atoms with E-state index in [1.165, 1.54) is 30.6 Å². The topological polar surface area (TPSA) is 91.2 Å². The summed E-state index contributed by atoms with van der Waals surface area (Å²) in [7, 11) is 0. The second kappa shape index (κ2) is 8.73. The molecule has 0 aliphatic carbocycles. The Morgan fingerprint density at radius 3 is 2.78 bits per heavy atom. The van der Waals surface area contributed by atoms with Crippen LogP contribution in [-0.2, 0) is 11.3 Å². The minimum Gasteiger partial charge on any atom is -0.406 e. The Morgan fingerprint density at radius 1 is 1.34 bits per heavy atom. The Balaban J connectivity index is 1.71. The molecule has 3 heterocycles. The highest BCUT2D eigenvalue weighted by atomic mass is 19.4. The van der Waals surface area contributed by atoms with E-state index in [9.17, 15) is 18.0 Å². The number of imidazole rings is 1. The monoisotopic (exact) mass is 449 g/mol. The fraction of sp³-hybridized carbons (Fsp3) is 0.429. The van der Waals surface area contributed by atoms with Crippen LogP contribution in [0.4, 0.5) is 13.2 Å². The Morgan fingerprint density at radius 2 is 2.16 bits per heavy atom. The van der Waals surface area contributed by atoms with Crippen molar-refractivity contribution in [2.45, 2.75) is 39.2 Å². The van der Waals surface area contributed by atoms with E-state index in [0.29, 0.717) is 48.7 Å². The Labute approximate surface area is 181 Å². The molecular formula is C21H22F3N5O3. The largest absolute Gasteiger partial charge is 0.573 e. The van der Waals surface area contributed by atoms with Crippen LogP contribution < -0.4 is 10.1 Å². The number of hydrogen-bond donors (Lipinski definition) is 1. The molecule has 1 N–H and O–H groups in total. The minimum absolute atomic E-state index is 0.0506. The van der Waals surface area contributed by atoms with Gasteiger partial charge in [-0.1, -0.05) is 0 Å². The molecule has 0 radical (unpaired) electrons. The van der Waals surface area contributed by atoms with Crippen LogP contribution >= 0.6 is 0 Å². The van der Waals surface area contributed by atoms with Gasteiger partial charge in [-0.05, 0) is 32.4 Å². The van der Waals surface area contributed by atoms with Crippen LogP contribution in [0.2, 0.25) is 0 Å². The van der Waals surface area contributed by atoms with Crippen molar-refractivity contribution < 1.29 is 27.4 Å². The Hall–Kier alpha value is -3.21. The van der Waals surface area contributed by atoms with Crippen LogP contribution in [0.5, 0.6) is 5.75 Å². The van der Waals surface area contributed by atoms with Crippen LogP contribution in [0.25, 0.3) is 11.0 Å². The van der Waals surface area contributed by atoms with E-state index in [0.717, 1.165) is 0 Å². The Kier molecular flexibility index (Phi) is 6.00. The maximum atomic E-state index is 12.9. The molecule has 1 amide bonds. The molecule has 1 aliphatic rings. The van der Waals surface area contributed by atoms with Crippen LogP contribution in [0.1, 0.15) is 41.4 Å². The highest BCUT2D eigenvalue weighted by molar-refractivity contribution is 5.92. The lowest BCUT2D eigenvalue weighted by molar-refractivity contribution is -0.274. The number of benzene rings is 1. The van der Waals surface area contributed by atoms with Gasteiger partial charge in [0.2, 0.25) is 0 Å². The number of nitrogens with one attached hydrogen (secondary N) is 1. The van der Waals surface area contributed by atoms with Gasteiger partial charge >= 0.3 is 6.36 Å². The van der Waals surface area contributed by atoms with Crippen molar-refractivity contribution in [1.82, 2.24) is 24.8 Å². The third-order valence-corrected chi connectivity index (χ3v) is 5.31. The first kappa shape index (κ1) is 22.0. The lowest BCUT2D eigenvalue weighted by Crippen LogP contribution is -2.36. The van der Waals surface area contributed by atoms with Crippen molar-refractivity contribution in [2.24, 2.45) is 5.92 Å². The molecule has 1 aliphatic heterocycles. The van der Waals surface area contributed by atoms with Crippen molar-refractivity contribution >= 4 is 16.9 Å². The number of halogens is 3. The van der Waals surface area contributed by atoms with E-state index in [1.54, 1.807) is 6.92 Å². The molecule has 2 atom stereocenters. The SMILES string of the molecule is CCn1c([C@@H](NC(=O)c2cnc(C)cn2)[C@@H]2CCOC2)nc2cc(OC(F)(F)F)ccc21. The van der Waals surface area contributed by atoms with Crippen LogP contribution in [0.3, 0.4) is 0 Å². The number of nitrogens with zero attached hydrogens (tertiary/aromatic N) is 4. The number of rotatable bonds is 6. The summed E-state index contributed by atoms with van der Waals surface area (Å²) in [4.78, 5) is 25.7. The molecule has 0 unspecified atom stereocenters. The zero-order chi connectivity index (χ0) is 22.9. The van der Waals surface area contributed by atoms with E-state index in [1.807, 2.05) is 11.5 Å². The summed E-state index contributed by atoms with van der Waals surface area (Å²) in [5, 5.41) is 2.98. The maximum Gasteiger partial charge on any atom is 0.573 e. The quantitative estimate of drug-likeness (QED) is 0.619. The summed E-state index contributed by atoms with van der Waals surface area (Å²) in [6.07, 6.45) is -1.18.